The van der Waals surface area contributed by atoms with Gasteiger partial charge >= 0.3 is 5.97 Å². The van der Waals surface area contributed by atoms with Crippen LogP contribution in [0, 0.1) is 12.7 Å². The highest BCUT2D eigenvalue weighted by atomic mass is 32.2. The minimum atomic E-state index is -0.378. The van der Waals surface area contributed by atoms with E-state index in [0.717, 1.165) is 21.0 Å². The third-order valence-electron chi connectivity index (χ3n) is 5.35. The lowest BCUT2D eigenvalue weighted by atomic mass is 10.0. The molecule has 0 radical (unpaired) electrons. The first kappa shape index (κ1) is 24.8. The molecule has 0 saturated carbocycles. The minimum Gasteiger partial charge on any atom is -0.466 e. The maximum Gasteiger partial charge on any atom is 0.310 e. The Bertz CT molecular complexity index is 1320. The van der Waals surface area contributed by atoms with Crippen LogP contribution in [-0.4, -0.2) is 18.4 Å². The van der Waals surface area contributed by atoms with Crippen LogP contribution in [0.15, 0.2) is 83.3 Å². The number of ether oxygens (including phenoxy) is 1. The lowest BCUT2D eigenvalue weighted by molar-refractivity contribution is -0.598. The topological polar surface area (TPSA) is 47.3 Å². The lowest BCUT2D eigenvalue weighted by Gasteiger charge is -2.06. The maximum atomic E-state index is 13.6. The van der Waals surface area contributed by atoms with Crippen molar-refractivity contribution in [2.75, 3.05) is 6.61 Å². The zero-order valence-corrected chi connectivity index (χ0v) is 21.1. The average Bonchev–Trinajstić information content (AvgIpc) is 3.22. The van der Waals surface area contributed by atoms with Crippen molar-refractivity contribution in [2.24, 2.45) is 0 Å². The molecule has 0 saturated heterocycles. The van der Waals surface area contributed by atoms with E-state index in [1.165, 1.54) is 23.5 Å². The van der Waals surface area contributed by atoms with Gasteiger partial charge in [0.05, 0.1) is 23.5 Å². The van der Waals surface area contributed by atoms with Gasteiger partial charge in [0, 0.05) is 23.4 Å². The van der Waals surface area contributed by atoms with Crippen LogP contribution in [-0.2, 0) is 21.7 Å². The SMILES string of the molecule is CCOC(=O)Cc1c(C(=O)c2ccccc2)sc(SCc2ccc(F)cc2)c1-[n+]1ccc(C)cc1. The molecule has 2 aromatic heterocycles. The van der Waals surface area contributed by atoms with Crippen molar-refractivity contribution >= 4 is 34.9 Å². The Morgan fingerprint density at radius 2 is 1.69 bits per heavy atom. The fourth-order valence-corrected chi connectivity index (χ4v) is 6.13. The first-order valence-corrected chi connectivity index (χ1v) is 13.0. The van der Waals surface area contributed by atoms with Gasteiger partial charge in [-0.05, 0) is 37.1 Å². The van der Waals surface area contributed by atoms with Gasteiger partial charge in [-0.3, -0.25) is 9.59 Å². The normalized spacial score (nSPS) is 10.8. The summed E-state index contributed by atoms with van der Waals surface area (Å²) in [6.45, 7) is 4.04. The fourth-order valence-electron chi connectivity index (χ4n) is 3.60. The molecular weight excluding hydrogens is 481 g/mol. The van der Waals surface area contributed by atoms with Crippen LogP contribution >= 0.6 is 23.1 Å². The van der Waals surface area contributed by atoms with Crippen molar-refractivity contribution in [2.45, 2.75) is 30.2 Å². The summed E-state index contributed by atoms with van der Waals surface area (Å²) < 4.78 is 21.5. The van der Waals surface area contributed by atoms with E-state index in [0.29, 0.717) is 21.8 Å². The smallest absolute Gasteiger partial charge is 0.310 e. The molecule has 0 unspecified atom stereocenters. The van der Waals surface area contributed by atoms with Gasteiger partial charge in [0.2, 0.25) is 11.5 Å². The number of esters is 1. The van der Waals surface area contributed by atoms with Crippen molar-refractivity contribution in [1.29, 1.82) is 0 Å². The number of halogens is 1. The van der Waals surface area contributed by atoms with E-state index < -0.39 is 0 Å². The monoisotopic (exact) mass is 506 g/mol. The molecule has 0 atom stereocenters. The van der Waals surface area contributed by atoms with E-state index in [1.54, 1.807) is 43.0 Å². The van der Waals surface area contributed by atoms with E-state index in [4.69, 9.17) is 4.74 Å². The second-order valence-corrected chi connectivity index (χ2v) is 10.2. The van der Waals surface area contributed by atoms with Gasteiger partial charge in [0.15, 0.2) is 12.4 Å². The number of pyridine rings is 1. The summed E-state index contributed by atoms with van der Waals surface area (Å²) in [6.07, 6.45) is 3.86. The number of carbonyl (C=O) groups is 2. The van der Waals surface area contributed by atoms with Crippen molar-refractivity contribution in [3.63, 3.8) is 0 Å². The zero-order chi connectivity index (χ0) is 24.8. The third kappa shape index (κ3) is 6.05. The predicted molar refractivity (Wildman–Crippen MR) is 137 cm³/mol. The summed E-state index contributed by atoms with van der Waals surface area (Å²) in [7, 11) is 0. The van der Waals surface area contributed by atoms with E-state index in [1.807, 2.05) is 54.2 Å². The highest BCUT2D eigenvalue weighted by Gasteiger charge is 2.31. The Labute approximate surface area is 212 Å². The van der Waals surface area contributed by atoms with Gasteiger partial charge in [-0.15, -0.1) is 23.1 Å². The number of thioether (sulfide) groups is 1. The molecule has 0 bridgehead atoms. The molecule has 178 valence electrons. The number of nitrogens with zero attached hydrogens (tertiary/aromatic N) is 1. The highest BCUT2D eigenvalue weighted by Crippen LogP contribution is 2.39. The molecule has 4 aromatic rings. The Balaban J connectivity index is 1.83. The van der Waals surface area contributed by atoms with Crippen LogP contribution in [0.25, 0.3) is 5.69 Å². The van der Waals surface area contributed by atoms with Crippen molar-refractivity contribution in [1.82, 2.24) is 0 Å². The summed E-state index contributed by atoms with van der Waals surface area (Å²) in [6, 6.07) is 19.4. The summed E-state index contributed by atoms with van der Waals surface area (Å²) in [4.78, 5) is 26.7. The van der Waals surface area contributed by atoms with Gasteiger partial charge in [-0.1, -0.05) is 42.5 Å². The molecule has 0 amide bonds. The molecule has 4 nitrogen and oxygen atoms in total. The molecule has 0 N–H and O–H groups in total. The van der Waals surface area contributed by atoms with Gasteiger partial charge < -0.3 is 4.74 Å². The summed E-state index contributed by atoms with van der Waals surface area (Å²) in [5.74, 6) is -0.190. The van der Waals surface area contributed by atoms with Crippen molar-refractivity contribution in [3.8, 4) is 5.69 Å². The van der Waals surface area contributed by atoms with Crippen molar-refractivity contribution < 1.29 is 23.3 Å². The molecule has 0 spiro atoms. The largest absolute Gasteiger partial charge is 0.466 e. The van der Waals surface area contributed by atoms with Gasteiger partial charge in [0.25, 0.3) is 0 Å². The fraction of sp³-hybridized carbons (Fsp3) is 0.179. The van der Waals surface area contributed by atoms with Gasteiger partial charge in [0.1, 0.15) is 10.0 Å². The molecular formula is C28H25FNO3S2+. The van der Waals surface area contributed by atoms with Crippen LogP contribution in [0.4, 0.5) is 4.39 Å². The standard InChI is InChI=1S/C28H25FNO3S2/c1-3-33-24(31)17-23-25(30-15-13-19(2)14-16-30)28(34-18-20-9-11-22(29)12-10-20)35-27(23)26(32)21-7-5-4-6-8-21/h4-16H,3,17-18H2,1-2H3/q+1. The average molecular weight is 507 g/mol. The molecule has 0 aliphatic heterocycles. The Morgan fingerprint density at radius 3 is 2.34 bits per heavy atom. The molecule has 2 aromatic carbocycles. The summed E-state index contributed by atoms with van der Waals surface area (Å²) >= 11 is 2.95. The molecule has 35 heavy (non-hydrogen) atoms. The number of hydrogen-bond donors (Lipinski definition) is 0. The highest BCUT2D eigenvalue weighted by molar-refractivity contribution is 8.00. The summed E-state index contributed by atoms with van der Waals surface area (Å²) in [5, 5.41) is 0. The first-order valence-electron chi connectivity index (χ1n) is 11.2. The Morgan fingerprint density at radius 1 is 1.00 bits per heavy atom. The number of rotatable bonds is 9. The number of ketones is 1. The minimum absolute atomic E-state index is 0.00837. The van der Waals surface area contributed by atoms with Gasteiger partial charge in [-0.25, -0.2) is 4.39 Å². The number of aryl methyl sites for hydroxylation is 1. The predicted octanol–water partition coefficient (Wildman–Crippen LogP) is 6.10. The van der Waals surface area contributed by atoms with Crippen LogP contribution in [0.5, 0.6) is 0 Å². The van der Waals surface area contributed by atoms with Crippen LogP contribution < -0.4 is 4.57 Å². The Hall–Kier alpha value is -3.29. The van der Waals surface area contributed by atoms with Crippen molar-refractivity contribution in [3.05, 3.63) is 112 Å². The number of thiophene rings is 1. The molecule has 2 heterocycles. The van der Waals surface area contributed by atoms with E-state index in [2.05, 4.69) is 0 Å². The van der Waals surface area contributed by atoms with Crippen LogP contribution in [0.2, 0.25) is 0 Å². The molecule has 0 aliphatic carbocycles. The van der Waals surface area contributed by atoms with Gasteiger partial charge in [-0.2, -0.15) is 4.57 Å². The summed E-state index contributed by atoms with van der Waals surface area (Å²) in [5.41, 5.74) is 4.08. The molecule has 4 rings (SSSR count). The number of carbonyl (C=O) groups excluding carboxylic acids is 2. The Kier molecular flexibility index (Phi) is 8.10. The molecule has 0 aliphatic rings. The second kappa shape index (κ2) is 11.4. The van der Waals surface area contributed by atoms with Crippen LogP contribution in [0.3, 0.4) is 0 Å². The first-order chi connectivity index (χ1) is 17.0. The lowest BCUT2D eigenvalue weighted by Crippen LogP contribution is -2.31. The quantitative estimate of drug-likeness (QED) is 0.119. The molecule has 7 heteroatoms. The second-order valence-electron chi connectivity index (χ2n) is 7.92. The number of aromatic nitrogens is 1. The third-order valence-corrected chi connectivity index (χ3v) is 7.91. The van der Waals surface area contributed by atoms with E-state index >= 15 is 0 Å². The molecule has 0 fully saturated rings. The van der Waals surface area contributed by atoms with E-state index in [9.17, 15) is 14.0 Å². The number of hydrogen-bond acceptors (Lipinski definition) is 5. The zero-order valence-electron chi connectivity index (χ0n) is 19.5. The maximum absolute atomic E-state index is 13.6. The number of benzene rings is 2. The van der Waals surface area contributed by atoms with E-state index in [-0.39, 0.29) is 30.6 Å². The van der Waals surface area contributed by atoms with Crippen LogP contribution in [0.1, 0.15) is 38.8 Å².